The normalized spacial score (nSPS) is 11.8. The molecule has 1 heterocycles. The lowest BCUT2D eigenvalue weighted by Gasteiger charge is -2.23. The van der Waals surface area contributed by atoms with Crippen LogP contribution < -0.4 is 11.3 Å². The van der Waals surface area contributed by atoms with Gasteiger partial charge in [0.2, 0.25) is 0 Å². The molecule has 2 aromatic rings. The van der Waals surface area contributed by atoms with Crippen molar-refractivity contribution in [3.05, 3.63) is 40.3 Å². The zero-order valence-electron chi connectivity index (χ0n) is 11.8. The highest BCUT2D eigenvalue weighted by Gasteiger charge is 2.23. The van der Waals surface area contributed by atoms with E-state index in [0.29, 0.717) is 17.3 Å². The number of hydrogen-bond donors (Lipinski definition) is 2. The third-order valence-electron chi connectivity index (χ3n) is 3.05. The van der Waals surface area contributed by atoms with Crippen LogP contribution in [0.1, 0.15) is 31.3 Å². The van der Waals surface area contributed by atoms with Crippen LogP contribution >= 0.6 is 0 Å². The van der Waals surface area contributed by atoms with E-state index >= 15 is 0 Å². The van der Waals surface area contributed by atoms with Gasteiger partial charge in [0.25, 0.3) is 5.56 Å². The molecular formula is C15H18N2O3. The fraction of sp³-hybridized carbons (Fsp3) is 0.333. The SMILES string of the molecule is CC(C)(C)Cn1c(C(=O)O)c(N)c2ccccc2c1=O. The summed E-state index contributed by atoms with van der Waals surface area (Å²) >= 11 is 0. The van der Waals surface area contributed by atoms with E-state index in [9.17, 15) is 14.7 Å². The molecule has 0 aliphatic carbocycles. The van der Waals surface area contributed by atoms with Gasteiger partial charge in [0.15, 0.2) is 5.69 Å². The van der Waals surface area contributed by atoms with Gasteiger partial charge < -0.3 is 10.8 Å². The van der Waals surface area contributed by atoms with Crippen LogP contribution in [0.25, 0.3) is 10.8 Å². The Morgan fingerprint density at radius 2 is 1.80 bits per heavy atom. The number of carboxylic acid groups (broad SMARTS) is 1. The number of benzene rings is 1. The smallest absolute Gasteiger partial charge is 0.354 e. The maximum absolute atomic E-state index is 12.5. The molecule has 0 aliphatic rings. The number of aromatic carboxylic acids is 1. The molecule has 0 unspecified atom stereocenters. The lowest BCUT2D eigenvalue weighted by Crippen LogP contribution is -2.32. The van der Waals surface area contributed by atoms with Crippen molar-refractivity contribution in [1.29, 1.82) is 0 Å². The molecule has 106 valence electrons. The van der Waals surface area contributed by atoms with E-state index in [2.05, 4.69) is 0 Å². The number of nitrogens with two attached hydrogens (primary N) is 1. The first-order chi connectivity index (χ1) is 9.22. The fourth-order valence-corrected chi connectivity index (χ4v) is 2.28. The van der Waals surface area contributed by atoms with Gasteiger partial charge in [-0.05, 0) is 11.5 Å². The number of hydrogen-bond acceptors (Lipinski definition) is 3. The van der Waals surface area contributed by atoms with Crippen LogP contribution in [0, 0.1) is 5.41 Å². The van der Waals surface area contributed by atoms with Crippen LogP contribution in [0.3, 0.4) is 0 Å². The van der Waals surface area contributed by atoms with Gasteiger partial charge in [0, 0.05) is 17.3 Å². The van der Waals surface area contributed by atoms with Crippen molar-refractivity contribution in [2.75, 3.05) is 5.73 Å². The number of pyridine rings is 1. The average Bonchev–Trinajstić information content (AvgIpc) is 2.34. The van der Waals surface area contributed by atoms with Gasteiger partial charge in [-0.1, -0.05) is 39.0 Å². The molecule has 2 rings (SSSR count). The molecule has 5 heteroatoms. The number of aromatic nitrogens is 1. The molecule has 1 aromatic carbocycles. The van der Waals surface area contributed by atoms with Crippen molar-refractivity contribution in [2.45, 2.75) is 27.3 Å². The van der Waals surface area contributed by atoms with Crippen molar-refractivity contribution < 1.29 is 9.90 Å². The molecule has 0 saturated heterocycles. The largest absolute Gasteiger partial charge is 0.477 e. The minimum atomic E-state index is -1.19. The topological polar surface area (TPSA) is 85.3 Å². The first-order valence-corrected chi connectivity index (χ1v) is 6.36. The van der Waals surface area contributed by atoms with E-state index in [1.807, 2.05) is 20.8 Å². The predicted octanol–water partition coefficient (Wildman–Crippen LogP) is 2.33. The molecule has 0 bridgehead atoms. The Kier molecular flexibility index (Phi) is 3.29. The first-order valence-electron chi connectivity index (χ1n) is 6.36. The Balaban J connectivity index is 2.91. The number of rotatable bonds is 2. The third kappa shape index (κ3) is 2.39. The number of nitrogens with zero attached hydrogens (tertiary/aromatic N) is 1. The van der Waals surface area contributed by atoms with E-state index in [1.165, 1.54) is 4.57 Å². The zero-order valence-corrected chi connectivity index (χ0v) is 11.8. The molecule has 0 aliphatic heterocycles. The number of fused-ring (bicyclic) bond motifs is 1. The van der Waals surface area contributed by atoms with Crippen LogP contribution in [-0.2, 0) is 6.54 Å². The minimum absolute atomic E-state index is 0.136. The summed E-state index contributed by atoms with van der Waals surface area (Å²) in [6.07, 6.45) is 0. The summed E-state index contributed by atoms with van der Waals surface area (Å²) in [6, 6.07) is 6.81. The Labute approximate surface area is 116 Å². The van der Waals surface area contributed by atoms with Crippen LogP contribution in [0.2, 0.25) is 0 Å². The molecule has 5 nitrogen and oxygen atoms in total. The van der Waals surface area contributed by atoms with Crippen molar-refractivity contribution in [2.24, 2.45) is 5.41 Å². The number of nitrogen functional groups attached to an aromatic ring is 1. The maximum Gasteiger partial charge on any atom is 0.354 e. The molecule has 0 saturated carbocycles. The highest BCUT2D eigenvalue weighted by molar-refractivity contribution is 6.03. The molecule has 0 spiro atoms. The molecule has 0 radical (unpaired) electrons. The summed E-state index contributed by atoms with van der Waals surface area (Å²) < 4.78 is 1.26. The lowest BCUT2D eigenvalue weighted by molar-refractivity contribution is 0.0682. The quantitative estimate of drug-likeness (QED) is 0.880. The van der Waals surface area contributed by atoms with Gasteiger partial charge in [-0.2, -0.15) is 0 Å². The lowest BCUT2D eigenvalue weighted by atomic mass is 9.96. The summed E-state index contributed by atoms with van der Waals surface area (Å²) in [5.41, 5.74) is 5.42. The molecule has 0 amide bonds. The molecule has 1 aromatic heterocycles. The Hall–Kier alpha value is -2.30. The number of anilines is 1. The summed E-state index contributed by atoms with van der Waals surface area (Å²) in [5.74, 6) is -1.19. The summed E-state index contributed by atoms with van der Waals surface area (Å²) in [6.45, 7) is 6.12. The second-order valence-electron chi connectivity index (χ2n) is 6.06. The first kappa shape index (κ1) is 14.1. The van der Waals surface area contributed by atoms with Crippen molar-refractivity contribution in [1.82, 2.24) is 4.57 Å². The molecule has 0 atom stereocenters. The predicted molar refractivity (Wildman–Crippen MR) is 79.0 cm³/mol. The number of carbonyl (C=O) groups is 1. The van der Waals surface area contributed by atoms with Crippen LogP contribution in [0.15, 0.2) is 29.1 Å². The summed E-state index contributed by atoms with van der Waals surface area (Å²) in [5, 5.41) is 10.3. The minimum Gasteiger partial charge on any atom is -0.477 e. The Bertz CT molecular complexity index is 739. The van der Waals surface area contributed by atoms with E-state index < -0.39 is 5.97 Å². The third-order valence-corrected chi connectivity index (χ3v) is 3.05. The van der Waals surface area contributed by atoms with Gasteiger partial charge in [0.1, 0.15) is 0 Å². The molecule has 3 N–H and O–H groups in total. The van der Waals surface area contributed by atoms with Crippen molar-refractivity contribution in [3.63, 3.8) is 0 Å². The van der Waals surface area contributed by atoms with E-state index in [0.717, 1.165) is 0 Å². The summed E-state index contributed by atoms with van der Waals surface area (Å²) in [7, 11) is 0. The van der Waals surface area contributed by atoms with Crippen LogP contribution in [0.5, 0.6) is 0 Å². The van der Waals surface area contributed by atoms with Crippen LogP contribution in [0.4, 0.5) is 5.69 Å². The van der Waals surface area contributed by atoms with Crippen molar-refractivity contribution >= 4 is 22.4 Å². The summed E-state index contributed by atoms with van der Waals surface area (Å²) in [4.78, 5) is 24.0. The van der Waals surface area contributed by atoms with E-state index in [1.54, 1.807) is 24.3 Å². The Morgan fingerprint density at radius 3 is 2.30 bits per heavy atom. The fourth-order valence-electron chi connectivity index (χ4n) is 2.28. The zero-order chi connectivity index (χ0) is 15.1. The Morgan fingerprint density at radius 1 is 1.25 bits per heavy atom. The monoisotopic (exact) mass is 274 g/mol. The number of carboxylic acids is 1. The van der Waals surface area contributed by atoms with E-state index in [4.69, 9.17) is 5.73 Å². The van der Waals surface area contributed by atoms with Gasteiger partial charge in [0.05, 0.1) is 5.69 Å². The second-order valence-corrected chi connectivity index (χ2v) is 6.06. The van der Waals surface area contributed by atoms with Gasteiger partial charge in [-0.25, -0.2) is 4.79 Å². The molecular weight excluding hydrogens is 256 g/mol. The average molecular weight is 274 g/mol. The van der Waals surface area contributed by atoms with Crippen LogP contribution in [-0.4, -0.2) is 15.6 Å². The van der Waals surface area contributed by atoms with Gasteiger partial charge in [-0.15, -0.1) is 0 Å². The highest BCUT2D eigenvalue weighted by atomic mass is 16.4. The van der Waals surface area contributed by atoms with E-state index in [-0.39, 0.29) is 22.4 Å². The van der Waals surface area contributed by atoms with Gasteiger partial charge in [-0.3, -0.25) is 9.36 Å². The standard InChI is InChI=1S/C15H18N2O3/c1-15(2,3)8-17-12(14(19)20)11(16)9-6-4-5-7-10(9)13(17)18/h4-7H,8,16H2,1-3H3,(H,19,20). The highest BCUT2D eigenvalue weighted by Crippen LogP contribution is 2.25. The van der Waals surface area contributed by atoms with Gasteiger partial charge >= 0.3 is 5.97 Å². The maximum atomic E-state index is 12.5. The molecule has 20 heavy (non-hydrogen) atoms. The second kappa shape index (κ2) is 4.67. The van der Waals surface area contributed by atoms with Crippen molar-refractivity contribution in [3.8, 4) is 0 Å². The molecule has 0 fully saturated rings.